The highest BCUT2D eigenvalue weighted by atomic mass is 35.5. The number of nitrogens with zero attached hydrogens (tertiary/aromatic N) is 2. The maximum atomic E-state index is 6.23. The number of hydrogen-bond donors (Lipinski definition) is 2. The van der Waals surface area contributed by atoms with Gasteiger partial charge in [-0.3, -0.25) is 5.10 Å². The first kappa shape index (κ1) is 14.6. The van der Waals surface area contributed by atoms with Gasteiger partial charge in [0.05, 0.1) is 13.2 Å². The highest BCUT2D eigenvalue weighted by Crippen LogP contribution is 2.23. The number of rotatable bonds is 4. The molecule has 112 valence electrons. The second-order valence-electron chi connectivity index (χ2n) is 4.81. The zero-order valence-corrected chi connectivity index (χ0v) is 12.7. The van der Waals surface area contributed by atoms with Crippen LogP contribution in [0.15, 0.2) is 48.5 Å². The highest BCUT2D eigenvalue weighted by molar-refractivity contribution is 6.30. The molecule has 0 aliphatic rings. The molecule has 2 aromatic carbocycles. The Morgan fingerprint density at radius 2 is 1.95 bits per heavy atom. The first-order valence-corrected chi connectivity index (χ1v) is 7.13. The van der Waals surface area contributed by atoms with Crippen molar-refractivity contribution in [3.63, 3.8) is 0 Å². The van der Waals surface area contributed by atoms with Crippen LogP contribution in [0, 0.1) is 0 Å². The molecule has 5 nitrogen and oxygen atoms in total. The van der Waals surface area contributed by atoms with Gasteiger partial charge in [-0.05, 0) is 29.8 Å². The summed E-state index contributed by atoms with van der Waals surface area (Å²) in [7, 11) is 1.63. The number of H-pyrrole nitrogens is 1. The smallest absolute Gasteiger partial charge is 0.181 e. The normalized spacial score (nSPS) is 12.1. The minimum Gasteiger partial charge on any atom is -0.497 e. The van der Waals surface area contributed by atoms with E-state index in [1.54, 1.807) is 7.11 Å². The number of ether oxygens (including phenoxy) is 1. The molecule has 0 amide bonds. The second kappa shape index (κ2) is 6.17. The van der Waals surface area contributed by atoms with Crippen LogP contribution in [0.3, 0.4) is 0 Å². The standard InChI is InChI=1S/C16H15ClN4O/c1-22-13-7-5-10(6-8-13)14(18)16-19-15(20-21-16)11-3-2-4-12(17)9-11/h2-9,14H,18H2,1H3,(H,19,20,21)/t14-/m0/s1. The van der Waals surface area contributed by atoms with Crippen molar-refractivity contribution in [1.29, 1.82) is 0 Å². The average molecular weight is 315 g/mol. The van der Waals surface area contributed by atoms with Gasteiger partial charge in [-0.1, -0.05) is 35.9 Å². The number of halogens is 1. The summed E-state index contributed by atoms with van der Waals surface area (Å²) < 4.78 is 5.14. The number of benzene rings is 2. The van der Waals surface area contributed by atoms with Crippen molar-refractivity contribution < 1.29 is 4.74 Å². The Morgan fingerprint density at radius 3 is 2.64 bits per heavy atom. The third-order valence-corrected chi connectivity index (χ3v) is 3.59. The van der Waals surface area contributed by atoms with E-state index in [-0.39, 0.29) is 6.04 Å². The Labute approximate surface area is 133 Å². The average Bonchev–Trinajstić information content (AvgIpc) is 3.04. The van der Waals surface area contributed by atoms with Gasteiger partial charge in [0.15, 0.2) is 5.82 Å². The molecular formula is C16H15ClN4O. The Morgan fingerprint density at radius 1 is 1.18 bits per heavy atom. The lowest BCUT2D eigenvalue weighted by atomic mass is 10.1. The zero-order valence-electron chi connectivity index (χ0n) is 12.0. The monoisotopic (exact) mass is 314 g/mol. The van der Waals surface area contributed by atoms with Crippen molar-refractivity contribution in [2.75, 3.05) is 7.11 Å². The van der Waals surface area contributed by atoms with Crippen molar-refractivity contribution in [3.8, 4) is 17.1 Å². The van der Waals surface area contributed by atoms with Crippen molar-refractivity contribution in [3.05, 3.63) is 64.9 Å². The topological polar surface area (TPSA) is 76.8 Å². The first-order chi connectivity index (χ1) is 10.7. The molecule has 0 saturated heterocycles. The van der Waals surface area contributed by atoms with Crippen LogP contribution in [0.5, 0.6) is 5.75 Å². The summed E-state index contributed by atoms with van der Waals surface area (Å²) in [5, 5.41) is 7.74. The van der Waals surface area contributed by atoms with Crippen LogP contribution in [0.25, 0.3) is 11.4 Å². The van der Waals surface area contributed by atoms with Crippen molar-refractivity contribution >= 4 is 11.6 Å². The molecule has 0 bridgehead atoms. The van der Waals surface area contributed by atoms with Gasteiger partial charge in [0, 0.05) is 10.6 Å². The Bertz CT molecular complexity index is 770. The molecule has 3 rings (SSSR count). The number of nitrogens with one attached hydrogen (secondary N) is 1. The Hall–Kier alpha value is -2.37. The number of hydrogen-bond acceptors (Lipinski definition) is 4. The molecular weight excluding hydrogens is 300 g/mol. The van der Waals surface area contributed by atoms with Crippen molar-refractivity contribution in [1.82, 2.24) is 15.2 Å². The van der Waals surface area contributed by atoms with Gasteiger partial charge in [0.25, 0.3) is 0 Å². The Balaban J connectivity index is 1.86. The molecule has 1 heterocycles. The summed E-state index contributed by atoms with van der Waals surface area (Å²) >= 11 is 5.99. The summed E-state index contributed by atoms with van der Waals surface area (Å²) in [5.74, 6) is 1.95. The molecule has 3 N–H and O–H groups in total. The molecule has 0 aliphatic heterocycles. The van der Waals surface area contributed by atoms with E-state index in [0.29, 0.717) is 16.7 Å². The quantitative estimate of drug-likeness (QED) is 0.775. The van der Waals surface area contributed by atoms with Crippen LogP contribution in [0.2, 0.25) is 5.02 Å². The fourth-order valence-electron chi connectivity index (χ4n) is 2.14. The summed E-state index contributed by atoms with van der Waals surface area (Å²) in [6, 6.07) is 14.5. The molecule has 0 fully saturated rings. The highest BCUT2D eigenvalue weighted by Gasteiger charge is 2.15. The number of nitrogens with two attached hydrogens (primary N) is 1. The molecule has 0 radical (unpaired) electrons. The van der Waals surface area contributed by atoms with Gasteiger partial charge in [-0.2, -0.15) is 5.10 Å². The lowest BCUT2D eigenvalue weighted by Crippen LogP contribution is -2.13. The van der Waals surface area contributed by atoms with Gasteiger partial charge < -0.3 is 10.5 Å². The first-order valence-electron chi connectivity index (χ1n) is 6.75. The molecule has 1 aromatic heterocycles. The summed E-state index contributed by atoms with van der Waals surface area (Å²) in [5.41, 5.74) is 8.00. The molecule has 0 aliphatic carbocycles. The van der Waals surface area contributed by atoms with Crippen LogP contribution in [0.4, 0.5) is 0 Å². The van der Waals surface area contributed by atoms with E-state index in [2.05, 4.69) is 15.2 Å². The molecule has 6 heteroatoms. The van der Waals surface area contributed by atoms with E-state index in [0.717, 1.165) is 16.9 Å². The predicted molar refractivity (Wildman–Crippen MR) is 85.9 cm³/mol. The van der Waals surface area contributed by atoms with E-state index >= 15 is 0 Å². The fourth-order valence-corrected chi connectivity index (χ4v) is 2.33. The summed E-state index contributed by atoms with van der Waals surface area (Å²) in [6.45, 7) is 0. The zero-order chi connectivity index (χ0) is 15.5. The van der Waals surface area contributed by atoms with Crippen LogP contribution in [0.1, 0.15) is 17.4 Å². The van der Waals surface area contributed by atoms with Gasteiger partial charge in [-0.15, -0.1) is 0 Å². The molecule has 0 saturated carbocycles. The SMILES string of the molecule is COc1ccc([C@H](N)c2nc(-c3cccc(Cl)c3)n[nH]2)cc1. The van der Waals surface area contributed by atoms with E-state index < -0.39 is 0 Å². The van der Waals surface area contributed by atoms with E-state index in [4.69, 9.17) is 22.1 Å². The van der Waals surface area contributed by atoms with Crippen LogP contribution >= 0.6 is 11.6 Å². The molecule has 3 aromatic rings. The van der Waals surface area contributed by atoms with Crippen LogP contribution < -0.4 is 10.5 Å². The number of aromatic amines is 1. The third kappa shape index (κ3) is 2.95. The molecule has 0 spiro atoms. The number of methoxy groups -OCH3 is 1. The maximum absolute atomic E-state index is 6.23. The Kier molecular flexibility index (Phi) is 4.09. The molecule has 1 atom stereocenters. The van der Waals surface area contributed by atoms with Gasteiger partial charge >= 0.3 is 0 Å². The summed E-state index contributed by atoms with van der Waals surface area (Å²) in [6.07, 6.45) is 0. The minimum absolute atomic E-state index is 0.383. The summed E-state index contributed by atoms with van der Waals surface area (Å²) in [4.78, 5) is 4.46. The predicted octanol–water partition coefficient (Wildman–Crippen LogP) is 3.18. The van der Waals surface area contributed by atoms with Gasteiger partial charge in [-0.25, -0.2) is 4.98 Å². The van der Waals surface area contributed by atoms with E-state index in [1.165, 1.54) is 0 Å². The van der Waals surface area contributed by atoms with E-state index in [9.17, 15) is 0 Å². The van der Waals surface area contributed by atoms with Crippen molar-refractivity contribution in [2.45, 2.75) is 6.04 Å². The lowest BCUT2D eigenvalue weighted by Gasteiger charge is -2.09. The van der Waals surface area contributed by atoms with E-state index in [1.807, 2.05) is 48.5 Å². The minimum atomic E-state index is -0.383. The maximum Gasteiger partial charge on any atom is 0.181 e. The third-order valence-electron chi connectivity index (χ3n) is 3.36. The van der Waals surface area contributed by atoms with Gasteiger partial charge in [0.1, 0.15) is 11.6 Å². The molecule has 0 unspecified atom stereocenters. The number of aromatic nitrogens is 3. The lowest BCUT2D eigenvalue weighted by molar-refractivity contribution is 0.414. The largest absolute Gasteiger partial charge is 0.497 e. The van der Waals surface area contributed by atoms with Crippen molar-refractivity contribution in [2.24, 2.45) is 5.73 Å². The van der Waals surface area contributed by atoms with Gasteiger partial charge in [0.2, 0.25) is 0 Å². The fraction of sp³-hybridized carbons (Fsp3) is 0.125. The second-order valence-corrected chi connectivity index (χ2v) is 5.24. The van der Waals surface area contributed by atoms with Crippen LogP contribution in [-0.2, 0) is 0 Å². The molecule has 22 heavy (non-hydrogen) atoms. The van der Waals surface area contributed by atoms with Crippen LogP contribution in [-0.4, -0.2) is 22.3 Å².